The second-order valence-electron chi connectivity index (χ2n) is 5.91. The SMILES string of the molecule is COC(=O)[C@@]12CC3(CC3)[C@]1(Cl)ON1CCC[C@@H]12. The van der Waals surface area contributed by atoms with E-state index in [9.17, 15) is 4.79 Å². The van der Waals surface area contributed by atoms with Gasteiger partial charge < -0.3 is 4.74 Å². The van der Waals surface area contributed by atoms with Crippen molar-refractivity contribution in [3.63, 3.8) is 0 Å². The first kappa shape index (κ1) is 10.6. The maximum atomic E-state index is 12.2. The van der Waals surface area contributed by atoms with Crippen LogP contribution in [-0.2, 0) is 14.4 Å². The van der Waals surface area contributed by atoms with E-state index in [1.54, 1.807) is 0 Å². The summed E-state index contributed by atoms with van der Waals surface area (Å²) in [4.78, 5) is 18.2. The number of halogens is 1. The predicted molar refractivity (Wildman–Crippen MR) is 60.1 cm³/mol. The average molecular weight is 258 g/mol. The molecular formula is C12H16ClNO3. The van der Waals surface area contributed by atoms with Crippen LogP contribution < -0.4 is 0 Å². The van der Waals surface area contributed by atoms with Crippen LogP contribution in [0.3, 0.4) is 0 Å². The quantitative estimate of drug-likeness (QED) is 0.529. The fourth-order valence-electron chi connectivity index (χ4n) is 4.31. The van der Waals surface area contributed by atoms with Crippen molar-refractivity contribution in [3.05, 3.63) is 0 Å². The third kappa shape index (κ3) is 0.882. The van der Waals surface area contributed by atoms with Crippen molar-refractivity contribution in [1.29, 1.82) is 0 Å². The molecule has 1 spiro atoms. The molecule has 4 nitrogen and oxygen atoms in total. The lowest BCUT2D eigenvalue weighted by atomic mass is 9.53. The van der Waals surface area contributed by atoms with Crippen LogP contribution in [0.1, 0.15) is 32.1 Å². The minimum Gasteiger partial charge on any atom is -0.468 e. The Morgan fingerprint density at radius 3 is 2.94 bits per heavy atom. The Bertz CT molecular complexity index is 411. The number of hydrogen-bond acceptors (Lipinski definition) is 4. The number of nitrogens with zero attached hydrogens (tertiary/aromatic N) is 1. The van der Waals surface area contributed by atoms with Gasteiger partial charge in [-0.05, 0) is 32.1 Å². The number of methoxy groups -OCH3 is 1. The second-order valence-corrected chi connectivity index (χ2v) is 6.44. The fraction of sp³-hybridized carbons (Fsp3) is 0.917. The van der Waals surface area contributed by atoms with E-state index in [1.807, 2.05) is 5.06 Å². The number of alkyl halides is 1. The van der Waals surface area contributed by atoms with Gasteiger partial charge in [0.15, 0.2) is 5.06 Å². The Labute approximate surface area is 105 Å². The third-order valence-electron chi connectivity index (χ3n) is 5.29. The monoisotopic (exact) mass is 257 g/mol. The van der Waals surface area contributed by atoms with Gasteiger partial charge in [-0.1, -0.05) is 11.6 Å². The molecule has 0 radical (unpaired) electrons. The van der Waals surface area contributed by atoms with Crippen LogP contribution in [0.2, 0.25) is 0 Å². The minimum absolute atomic E-state index is 0.0487. The highest BCUT2D eigenvalue weighted by molar-refractivity contribution is 6.27. The lowest BCUT2D eigenvalue weighted by molar-refractivity contribution is -0.230. The van der Waals surface area contributed by atoms with Crippen molar-refractivity contribution < 1.29 is 14.4 Å². The summed E-state index contributed by atoms with van der Waals surface area (Å²) in [6, 6.07) is 0.124. The Kier molecular flexibility index (Phi) is 1.75. The molecule has 0 amide bonds. The zero-order valence-corrected chi connectivity index (χ0v) is 10.6. The fourth-order valence-corrected chi connectivity index (χ4v) is 4.93. The minimum atomic E-state index is -0.821. The molecule has 2 saturated heterocycles. The van der Waals surface area contributed by atoms with Gasteiger partial charge in [0.2, 0.25) is 0 Å². The molecule has 4 fully saturated rings. The van der Waals surface area contributed by atoms with Crippen molar-refractivity contribution in [2.45, 2.75) is 43.2 Å². The van der Waals surface area contributed by atoms with Crippen LogP contribution in [0.4, 0.5) is 0 Å². The molecule has 0 N–H and O–H groups in total. The first-order valence-corrected chi connectivity index (χ1v) is 6.71. The van der Waals surface area contributed by atoms with E-state index < -0.39 is 10.5 Å². The molecule has 0 aromatic heterocycles. The topological polar surface area (TPSA) is 38.8 Å². The zero-order chi connectivity index (χ0) is 11.9. The number of rotatable bonds is 1. The summed E-state index contributed by atoms with van der Waals surface area (Å²) >= 11 is 6.73. The summed E-state index contributed by atoms with van der Waals surface area (Å²) in [6.07, 6.45) is 5.06. The molecule has 4 rings (SSSR count). The van der Waals surface area contributed by atoms with E-state index in [0.29, 0.717) is 0 Å². The number of hydrogen-bond donors (Lipinski definition) is 0. The van der Waals surface area contributed by atoms with Crippen molar-refractivity contribution in [2.24, 2.45) is 10.8 Å². The first-order chi connectivity index (χ1) is 8.10. The first-order valence-electron chi connectivity index (χ1n) is 6.33. The summed E-state index contributed by atoms with van der Waals surface area (Å²) in [5.74, 6) is -0.181. The van der Waals surface area contributed by atoms with Crippen molar-refractivity contribution in [3.8, 4) is 0 Å². The average Bonchev–Trinajstić information content (AvgIpc) is 2.96. The van der Waals surface area contributed by atoms with Crippen LogP contribution in [0.15, 0.2) is 0 Å². The number of carbonyl (C=O) groups excluding carboxylic acids is 1. The maximum Gasteiger partial charge on any atom is 0.317 e. The highest BCUT2D eigenvalue weighted by Crippen LogP contribution is 2.82. The molecule has 2 aliphatic heterocycles. The molecule has 5 heteroatoms. The lowest BCUT2D eigenvalue weighted by Gasteiger charge is -2.55. The van der Waals surface area contributed by atoms with Crippen molar-refractivity contribution in [2.75, 3.05) is 13.7 Å². The number of ether oxygens (including phenoxy) is 1. The van der Waals surface area contributed by atoms with Crippen LogP contribution >= 0.6 is 11.6 Å². The molecular weight excluding hydrogens is 242 g/mol. The molecule has 0 bridgehead atoms. The summed E-state index contributed by atoms with van der Waals surface area (Å²) in [5, 5.41) is 1.12. The third-order valence-corrected chi connectivity index (χ3v) is 6.10. The highest BCUT2D eigenvalue weighted by atomic mass is 35.5. The van der Waals surface area contributed by atoms with E-state index in [4.69, 9.17) is 21.2 Å². The second kappa shape index (κ2) is 2.81. The molecule has 0 unspecified atom stereocenters. The van der Waals surface area contributed by atoms with E-state index in [1.165, 1.54) is 7.11 Å². The molecule has 0 aromatic rings. The van der Waals surface area contributed by atoms with Gasteiger partial charge in [-0.15, -0.1) is 0 Å². The molecule has 3 atom stereocenters. The van der Waals surface area contributed by atoms with E-state index >= 15 is 0 Å². The molecule has 0 aromatic carbocycles. The van der Waals surface area contributed by atoms with Gasteiger partial charge in [-0.25, -0.2) is 0 Å². The lowest BCUT2D eigenvalue weighted by Crippen LogP contribution is -2.67. The molecule has 17 heavy (non-hydrogen) atoms. The van der Waals surface area contributed by atoms with E-state index in [2.05, 4.69) is 0 Å². The summed E-state index contributed by atoms with van der Waals surface area (Å²) in [5.41, 5.74) is -0.566. The van der Waals surface area contributed by atoms with Gasteiger partial charge in [-0.2, -0.15) is 5.06 Å². The van der Waals surface area contributed by atoms with Crippen LogP contribution in [0.25, 0.3) is 0 Å². The van der Waals surface area contributed by atoms with E-state index in [0.717, 1.165) is 38.6 Å². The van der Waals surface area contributed by atoms with Crippen molar-refractivity contribution >= 4 is 17.6 Å². The van der Waals surface area contributed by atoms with Crippen molar-refractivity contribution in [1.82, 2.24) is 5.06 Å². The largest absolute Gasteiger partial charge is 0.468 e. The Morgan fingerprint density at radius 1 is 1.53 bits per heavy atom. The summed E-state index contributed by atoms with van der Waals surface area (Å²) in [7, 11) is 1.45. The van der Waals surface area contributed by atoms with Gasteiger partial charge in [-0.3, -0.25) is 9.63 Å². The van der Waals surface area contributed by atoms with Gasteiger partial charge in [0.05, 0.1) is 13.2 Å². The molecule has 2 saturated carbocycles. The van der Waals surface area contributed by atoms with Crippen LogP contribution in [0, 0.1) is 10.8 Å². The number of fused-ring (bicyclic) bond motifs is 4. The zero-order valence-electron chi connectivity index (χ0n) is 9.87. The molecule has 2 aliphatic carbocycles. The number of hydroxylamine groups is 2. The molecule has 94 valence electrons. The summed E-state index contributed by atoms with van der Waals surface area (Å²) in [6.45, 7) is 0.883. The maximum absolute atomic E-state index is 12.2. The van der Waals surface area contributed by atoms with Crippen LogP contribution in [0.5, 0.6) is 0 Å². The predicted octanol–water partition coefficient (Wildman–Crippen LogP) is 1.67. The summed E-state index contributed by atoms with van der Waals surface area (Å²) < 4.78 is 5.02. The van der Waals surface area contributed by atoms with Gasteiger partial charge in [0, 0.05) is 12.0 Å². The standard InChI is InChI=1S/C12H16ClNO3/c1-16-9(15)11-7-10(4-5-10)12(11,13)17-14-6-2-3-8(11)14/h8H,2-7H2,1H3/t8-,11+,12+/m1/s1. The van der Waals surface area contributed by atoms with Gasteiger partial charge in [0.1, 0.15) is 5.41 Å². The van der Waals surface area contributed by atoms with Gasteiger partial charge in [0.25, 0.3) is 0 Å². The van der Waals surface area contributed by atoms with Gasteiger partial charge >= 0.3 is 5.97 Å². The van der Waals surface area contributed by atoms with E-state index in [-0.39, 0.29) is 17.4 Å². The Balaban J connectivity index is 1.81. The molecule has 2 heterocycles. The number of esters is 1. The Hall–Kier alpha value is -0.320. The number of carbonyl (C=O) groups is 1. The molecule has 4 aliphatic rings. The normalized spacial score (nSPS) is 49.6. The Morgan fingerprint density at radius 2 is 2.29 bits per heavy atom. The van der Waals surface area contributed by atoms with Crippen LogP contribution in [-0.4, -0.2) is 35.8 Å². The highest BCUT2D eigenvalue weighted by Gasteiger charge is 2.88. The smallest absolute Gasteiger partial charge is 0.317 e.